The van der Waals surface area contributed by atoms with Crippen molar-refractivity contribution in [3.63, 3.8) is 0 Å². The number of hydrogen-bond donors (Lipinski definition) is 2. The van der Waals surface area contributed by atoms with E-state index in [1.807, 2.05) is 20.8 Å². The van der Waals surface area contributed by atoms with Crippen LogP contribution < -0.4 is 16.0 Å². The van der Waals surface area contributed by atoms with Gasteiger partial charge in [-0.1, -0.05) is 6.92 Å². The molecule has 0 aliphatic carbocycles. The Bertz CT molecular complexity index is 421. The van der Waals surface area contributed by atoms with Crippen molar-refractivity contribution in [3.05, 3.63) is 16.3 Å². The van der Waals surface area contributed by atoms with Crippen molar-refractivity contribution in [1.82, 2.24) is 9.97 Å². The monoisotopic (exact) mass is 241 g/mol. The molecule has 0 saturated heterocycles. The van der Waals surface area contributed by atoms with E-state index in [1.165, 1.54) is 0 Å². The van der Waals surface area contributed by atoms with Crippen molar-refractivity contribution in [2.45, 2.75) is 32.8 Å². The SMILES string of the molecule is CCC(C)(C)Oc1nc(NN)ncc1[N+](=O)[O-]. The molecule has 8 nitrogen and oxygen atoms in total. The Hall–Kier alpha value is -1.96. The molecule has 0 unspecified atom stereocenters. The lowest BCUT2D eigenvalue weighted by Crippen LogP contribution is -2.28. The van der Waals surface area contributed by atoms with Crippen molar-refractivity contribution in [2.75, 3.05) is 5.43 Å². The second-order valence-corrected chi connectivity index (χ2v) is 4.00. The first-order chi connectivity index (χ1) is 7.89. The molecule has 0 aromatic carbocycles. The number of aromatic nitrogens is 2. The third kappa shape index (κ3) is 3.25. The van der Waals surface area contributed by atoms with Gasteiger partial charge in [0.25, 0.3) is 5.88 Å². The summed E-state index contributed by atoms with van der Waals surface area (Å²) in [6.07, 6.45) is 1.74. The molecule has 1 aromatic rings. The molecular weight excluding hydrogens is 226 g/mol. The maximum absolute atomic E-state index is 10.8. The van der Waals surface area contributed by atoms with Crippen LogP contribution >= 0.6 is 0 Å². The van der Waals surface area contributed by atoms with Crippen molar-refractivity contribution in [1.29, 1.82) is 0 Å². The normalized spacial score (nSPS) is 11.1. The van der Waals surface area contributed by atoms with Gasteiger partial charge in [-0.15, -0.1) is 0 Å². The smallest absolute Gasteiger partial charge is 0.349 e. The molecule has 0 saturated carbocycles. The van der Waals surface area contributed by atoms with Crippen LogP contribution in [0.25, 0.3) is 0 Å². The summed E-state index contributed by atoms with van der Waals surface area (Å²) in [7, 11) is 0. The van der Waals surface area contributed by atoms with Crippen molar-refractivity contribution in [3.8, 4) is 5.88 Å². The highest BCUT2D eigenvalue weighted by atomic mass is 16.6. The van der Waals surface area contributed by atoms with Crippen LogP contribution in [-0.2, 0) is 0 Å². The second-order valence-electron chi connectivity index (χ2n) is 4.00. The fourth-order valence-corrected chi connectivity index (χ4v) is 0.964. The molecule has 1 heterocycles. The number of nitrogens with two attached hydrogens (primary N) is 1. The van der Waals surface area contributed by atoms with Crippen LogP contribution in [0.1, 0.15) is 27.2 Å². The first-order valence-electron chi connectivity index (χ1n) is 5.06. The van der Waals surface area contributed by atoms with Crippen LogP contribution in [0.15, 0.2) is 6.20 Å². The van der Waals surface area contributed by atoms with E-state index in [0.29, 0.717) is 6.42 Å². The number of nitrogens with zero attached hydrogens (tertiary/aromatic N) is 3. The van der Waals surface area contributed by atoms with Crippen molar-refractivity contribution >= 4 is 11.6 Å². The number of hydrogen-bond acceptors (Lipinski definition) is 7. The van der Waals surface area contributed by atoms with Gasteiger partial charge in [0.05, 0.1) is 4.92 Å². The minimum absolute atomic E-state index is 0.0671. The Morgan fingerprint density at radius 1 is 1.65 bits per heavy atom. The summed E-state index contributed by atoms with van der Waals surface area (Å²) in [6.45, 7) is 5.54. The van der Waals surface area contributed by atoms with E-state index in [1.54, 1.807) is 0 Å². The fraction of sp³-hybridized carbons (Fsp3) is 0.556. The highest BCUT2D eigenvalue weighted by Crippen LogP contribution is 2.28. The van der Waals surface area contributed by atoms with E-state index in [2.05, 4.69) is 15.4 Å². The highest BCUT2D eigenvalue weighted by Gasteiger charge is 2.25. The van der Waals surface area contributed by atoms with E-state index in [-0.39, 0.29) is 17.5 Å². The topological polar surface area (TPSA) is 116 Å². The van der Waals surface area contributed by atoms with Gasteiger partial charge >= 0.3 is 5.69 Å². The zero-order chi connectivity index (χ0) is 13.1. The Balaban J connectivity index is 3.13. The number of ether oxygens (including phenoxy) is 1. The molecule has 3 N–H and O–H groups in total. The largest absolute Gasteiger partial charge is 0.467 e. The minimum atomic E-state index is -0.596. The first kappa shape index (κ1) is 13.1. The average molecular weight is 241 g/mol. The maximum Gasteiger partial charge on any atom is 0.349 e. The van der Waals surface area contributed by atoms with E-state index in [4.69, 9.17) is 10.6 Å². The number of nitrogens with one attached hydrogen (secondary N) is 1. The number of anilines is 1. The van der Waals surface area contributed by atoms with Crippen molar-refractivity contribution in [2.24, 2.45) is 5.84 Å². The molecule has 0 bridgehead atoms. The summed E-state index contributed by atoms with van der Waals surface area (Å²) in [4.78, 5) is 17.7. The Morgan fingerprint density at radius 2 is 2.29 bits per heavy atom. The van der Waals surface area contributed by atoms with Gasteiger partial charge in [0.15, 0.2) is 0 Å². The third-order valence-electron chi connectivity index (χ3n) is 2.29. The number of nitro groups is 1. The summed E-state index contributed by atoms with van der Waals surface area (Å²) in [5, 5.41) is 10.8. The standard InChI is InChI=1S/C9H15N5O3/c1-4-9(2,3)17-7-6(14(15)16)5-11-8(12-7)13-10/h5H,4,10H2,1-3H3,(H,11,12,13). The quantitative estimate of drug-likeness (QED) is 0.452. The molecule has 94 valence electrons. The number of nitrogen functional groups attached to an aromatic ring is 1. The Morgan fingerprint density at radius 3 is 2.76 bits per heavy atom. The van der Waals surface area contributed by atoms with Gasteiger partial charge in [0.2, 0.25) is 5.95 Å². The zero-order valence-corrected chi connectivity index (χ0v) is 9.93. The summed E-state index contributed by atoms with van der Waals surface area (Å²) < 4.78 is 5.50. The summed E-state index contributed by atoms with van der Waals surface area (Å²) >= 11 is 0. The van der Waals surface area contributed by atoms with Gasteiger partial charge in [-0.05, 0) is 20.3 Å². The molecular formula is C9H15N5O3. The average Bonchev–Trinajstić information content (AvgIpc) is 2.28. The van der Waals surface area contributed by atoms with Gasteiger partial charge in [-0.3, -0.25) is 15.5 Å². The molecule has 1 rings (SSSR count). The van der Waals surface area contributed by atoms with Crippen LogP contribution in [-0.4, -0.2) is 20.5 Å². The minimum Gasteiger partial charge on any atom is -0.467 e. The number of hydrazine groups is 1. The molecule has 0 spiro atoms. The van der Waals surface area contributed by atoms with Crippen LogP contribution in [0.2, 0.25) is 0 Å². The van der Waals surface area contributed by atoms with E-state index in [9.17, 15) is 10.1 Å². The van der Waals surface area contributed by atoms with Gasteiger partial charge in [-0.2, -0.15) is 4.98 Å². The van der Waals surface area contributed by atoms with Gasteiger partial charge in [0, 0.05) is 0 Å². The van der Waals surface area contributed by atoms with Crippen LogP contribution in [0.5, 0.6) is 5.88 Å². The summed E-state index contributed by atoms with van der Waals surface area (Å²) in [5.41, 5.74) is 1.38. The van der Waals surface area contributed by atoms with Crippen LogP contribution in [0.3, 0.4) is 0 Å². The van der Waals surface area contributed by atoms with E-state index < -0.39 is 10.5 Å². The molecule has 0 radical (unpaired) electrons. The number of rotatable bonds is 5. The van der Waals surface area contributed by atoms with E-state index >= 15 is 0 Å². The molecule has 0 fully saturated rings. The lowest BCUT2D eigenvalue weighted by Gasteiger charge is -2.23. The van der Waals surface area contributed by atoms with Crippen LogP contribution in [0, 0.1) is 10.1 Å². The molecule has 0 aliphatic rings. The van der Waals surface area contributed by atoms with Gasteiger partial charge in [-0.25, -0.2) is 10.8 Å². The molecule has 1 aromatic heterocycles. The first-order valence-corrected chi connectivity index (χ1v) is 5.06. The predicted octanol–water partition coefficient (Wildman–Crippen LogP) is 1.24. The zero-order valence-electron chi connectivity index (χ0n) is 9.93. The van der Waals surface area contributed by atoms with E-state index in [0.717, 1.165) is 6.20 Å². The molecule has 8 heteroatoms. The lowest BCUT2D eigenvalue weighted by atomic mass is 10.1. The molecule has 17 heavy (non-hydrogen) atoms. The van der Waals surface area contributed by atoms with Gasteiger partial charge < -0.3 is 4.74 Å². The second kappa shape index (κ2) is 4.91. The molecule has 0 aliphatic heterocycles. The summed E-state index contributed by atoms with van der Waals surface area (Å²) in [5.74, 6) is 5.12. The van der Waals surface area contributed by atoms with Crippen molar-refractivity contribution < 1.29 is 9.66 Å². The molecule has 0 amide bonds. The third-order valence-corrected chi connectivity index (χ3v) is 2.29. The van der Waals surface area contributed by atoms with Gasteiger partial charge in [0.1, 0.15) is 11.8 Å². The summed E-state index contributed by atoms with van der Waals surface area (Å²) in [6, 6.07) is 0. The maximum atomic E-state index is 10.8. The Labute approximate surface area is 98.3 Å². The predicted molar refractivity (Wildman–Crippen MR) is 61.5 cm³/mol. The van der Waals surface area contributed by atoms with Crippen LogP contribution in [0.4, 0.5) is 11.6 Å². The lowest BCUT2D eigenvalue weighted by molar-refractivity contribution is -0.386. The Kier molecular flexibility index (Phi) is 3.79. The fourth-order valence-electron chi connectivity index (χ4n) is 0.964. The molecule has 0 atom stereocenters. The highest BCUT2D eigenvalue weighted by molar-refractivity contribution is 5.43.